The standard InChI is InChI=1S/C13H8F5N/c14-8-2-1-3-9(15)13(8)19-6-7-4-10(16)12(18)11(17)5-7/h1-5,19H,6H2. The van der Waals surface area contributed by atoms with Crippen LogP contribution in [0.4, 0.5) is 27.6 Å². The molecule has 0 bridgehead atoms. The molecule has 1 N–H and O–H groups in total. The van der Waals surface area contributed by atoms with Crippen molar-refractivity contribution in [2.75, 3.05) is 5.32 Å². The summed E-state index contributed by atoms with van der Waals surface area (Å²) in [6, 6.07) is 4.77. The van der Waals surface area contributed by atoms with Gasteiger partial charge in [-0.3, -0.25) is 0 Å². The number of hydrogen-bond donors (Lipinski definition) is 1. The van der Waals surface area contributed by atoms with Crippen molar-refractivity contribution in [1.29, 1.82) is 0 Å². The Hall–Kier alpha value is -2.11. The van der Waals surface area contributed by atoms with Crippen molar-refractivity contribution in [3.8, 4) is 0 Å². The Labute approximate surface area is 105 Å². The zero-order valence-electron chi connectivity index (χ0n) is 9.48. The van der Waals surface area contributed by atoms with Crippen LogP contribution in [0.2, 0.25) is 0 Å². The van der Waals surface area contributed by atoms with E-state index in [1.54, 1.807) is 0 Å². The van der Waals surface area contributed by atoms with Gasteiger partial charge in [0.25, 0.3) is 0 Å². The number of hydrogen-bond acceptors (Lipinski definition) is 1. The normalized spacial score (nSPS) is 10.6. The molecule has 0 heterocycles. The molecule has 0 aliphatic carbocycles. The molecular weight excluding hydrogens is 265 g/mol. The Morgan fingerprint density at radius 3 is 1.84 bits per heavy atom. The molecule has 0 spiro atoms. The molecule has 0 amide bonds. The van der Waals surface area contributed by atoms with Crippen LogP contribution in [-0.2, 0) is 6.54 Å². The van der Waals surface area contributed by atoms with E-state index in [9.17, 15) is 22.0 Å². The summed E-state index contributed by atoms with van der Waals surface area (Å²) in [5.41, 5.74) is -0.383. The van der Waals surface area contributed by atoms with Crippen molar-refractivity contribution in [2.45, 2.75) is 6.54 Å². The van der Waals surface area contributed by atoms with E-state index < -0.39 is 34.8 Å². The van der Waals surface area contributed by atoms with Crippen LogP contribution in [0.25, 0.3) is 0 Å². The second kappa shape index (κ2) is 5.26. The van der Waals surface area contributed by atoms with Crippen molar-refractivity contribution < 1.29 is 22.0 Å². The number of halogens is 5. The Kier molecular flexibility index (Phi) is 3.69. The third kappa shape index (κ3) is 2.83. The molecule has 0 saturated carbocycles. The molecule has 100 valence electrons. The van der Waals surface area contributed by atoms with Gasteiger partial charge in [-0.15, -0.1) is 0 Å². The summed E-state index contributed by atoms with van der Waals surface area (Å²) in [5.74, 6) is -5.96. The first-order valence-corrected chi connectivity index (χ1v) is 5.30. The van der Waals surface area contributed by atoms with Gasteiger partial charge in [-0.25, -0.2) is 22.0 Å². The minimum absolute atomic E-state index is 0.0269. The summed E-state index contributed by atoms with van der Waals surface area (Å²) in [5, 5.41) is 2.37. The summed E-state index contributed by atoms with van der Waals surface area (Å²) in [6.45, 7) is -0.244. The molecular formula is C13H8F5N. The van der Waals surface area contributed by atoms with Gasteiger partial charge in [0.05, 0.1) is 0 Å². The molecule has 2 aromatic rings. The SMILES string of the molecule is Fc1cc(CNc2c(F)cccc2F)cc(F)c1F. The molecule has 2 rings (SSSR count). The van der Waals surface area contributed by atoms with E-state index in [0.29, 0.717) is 0 Å². The highest BCUT2D eigenvalue weighted by Crippen LogP contribution is 2.20. The molecule has 0 aliphatic rings. The lowest BCUT2D eigenvalue weighted by molar-refractivity contribution is 0.445. The van der Waals surface area contributed by atoms with Gasteiger partial charge in [0.15, 0.2) is 17.5 Å². The van der Waals surface area contributed by atoms with E-state index in [1.165, 1.54) is 6.07 Å². The van der Waals surface area contributed by atoms with Gasteiger partial charge in [0, 0.05) is 6.54 Å². The fourth-order valence-electron chi connectivity index (χ4n) is 1.57. The third-order valence-corrected chi connectivity index (χ3v) is 2.48. The van der Waals surface area contributed by atoms with E-state index in [4.69, 9.17) is 0 Å². The lowest BCUT2D eigenvalue weighted by atomic mass is 10.2. The van der Waals surface area contributed by atoms with Gasteiger partial charge in [0.1, 0.15) is 17.3 Å². The molecule has 0 saturated heterocycles. The zero-order valence-corrected chi connectivity index (χ0v) is 9.48. The topological polar surface area (TPSA) is 12.0 Å². The van der Waals surface area contributed by atoms with Crippen LogP contribution in [0.15, 0.2) is 30.3 Å². The van der Waals surface area contributed by atoms with E-state index in [2.05, 4.69) is 5.32 Å². The molecule has 2 aromatic carbocycles. The lowest BCUT2D eigenvalue weighted by Crippen LogP contribution is -2.05. The molecule has 1 nitrogen and oxygen atoms in total. The average Bonchev–Trinajstić information content (AvgIpc) is 2.35. The fourth-order valence-corrected chi connectivity index (χ4v) is 1.57. The number of benzene rings is 2. The second-order valence-electron chi connectivity index (χ2n) is 3.82. The molecule has 6 heteroatoms. The average molecular weight is 273 g/mol. The van der Waals surface area contributed by atoms with Gasteiger partial charge < -0.3 is 5.32 Å². The van der Waals surface area contributed by atoms with Gasteiger partial charge in [-0.05, 0) is 29.8 Å². The highest BCUT2D eigenvalue weighted by molar-refractivity contribution is 5.46. The molecule has 0 unspecified atom stereocenters. The van der Waals surface area contributed by atoms with E-state index >= 15 is 0 Å². The van der Waals surface area contributed by atoms with Crippen LogP contribution in [0.5, 0.6) is 0 Å². The van der Waals surface area contributed by atoms with Crippen LogP contribution in [0.1, 0.15) is 5.56 Å². The van der Waals surface area contributed by atoms with Crippen molar-refractivity contribution in [3.63, 3.8) is 0 Å². The Bertz CT molecular complexity index is 569. The monoisotopic (exact) mass is 273 g/mol. The zero-order chi connectivity index (χ0) is 14.0. The van der Waals surface area contributed by atoms with Gasteiger partial charge in [-0.2, -0.15) is 0 Å². The van der Waals surface area contributed by atoms with Crippen LogP contribution in [0.3, 0.4) is 0 Å². The first-order chi connectivity index (χ1) is 8.99. The summed E-state index contributed by atoms with van der Waals surface area (Å²) in [6.07, 6.45) is 0. The molecule has 0 radical (unpaired) electrons. The minimum Gasteiger partial charge on any atom is -0.376 e. The number of nitrogens with one attached hydrogen (secondary N) is 1. The van der Waals surface area contributed by atoms with Crippen molar-refractivity contribution in [3.05, 3.63) is 65.0 Å². The Balaban J connectivity index is 2.19. The lowest BCUT2D eigenvalue weighted by Gasteiger charge is -2.09. The quantitative estimate of drug-likeness (QED) is 0.658. The maximum Gasteiger partial charge on any atom is 0.194 e. The smallest absolute Gasteiger partial charge is 0.194 e. The summed E-state index contributed by atoms with van der Waals surface area (Å²) in [7, 11) is 0. The van der Waals surface area contributed by atoms with Crippen molar-refractivity contribution in [1.82, 2.24) is 0 Å². The van der Waals surface area contributed by atoms with Crippen LogP contribution in [0, 0.1) is 29.1 Å². The van der Waals surface area contributed by atoms with E-state index in [1.807, 2.05) is 0 Å². The predicted molar refractivity (Wildman–Crippen MR) is 60.0 cm³/mol. The molecule has 19 heavy (non-hydrogen) atoms. The second-order valence-corrected chi connectivity index (χ2v) is 3.82. The van der Waals surface area contributed by atoms with Crippen LogP contribution in [-0.4, -0.2) is 0 Å². The highest BCUT2D eigenvalue weighted by Gasteiger charge is 2.12. The first-order valence-electron chi connectivity index (χ1n) is 5.30. The first kappa shape index (κ1) is 13.3. The van der Waals surface area contributed by atoms with E-state index in [0.717, 1.165) is 24.3 Å². The number of para-hydroxylation sites is 1. The third-order valence-electron chi connectivity index (χ3n) is 2.48. The van der Waals surface area contributed by atoms with Gasteiger partial charge in [-0.1, -0.05) is 6.07 Å². The van der Waals surface area contributed by atoms with Crippen LogP contribution >= 0.6 is 0 Å². The van der Waals surface area contributed by atoms with Crippen LogP contribution < -0.4 is 5.32 Å². The van der Waals surface area contributed by atoms with E-state index in [-0.39, 0.29) is 12.1 Å². The maximum atomic E-state index is 13.3. The van der Waals surface area contributed by atoms with Crippen molar-refractivity contribution >= 4 is 5.69 Å². The predicted octanol–water partition coefficient (Wildman–Crippen LogP) is 3.99. The summed E-state index contributed by atoms with van der Waals surface area (Å²) < 4.78 is 65.1. The largest absolute Gasteiger partial charge is 0.376 e. The summed E-state index contributed by atoms with van der Waals surface area (Å²) >= 11 is 0. The Morgan fingerprint density at radius 2 is 1.32 bits per heavy atom. The number of rotatable bonds is 3. The fraction of sp³-hybridized carbons (Fsp3) is 0.0769. The number of anilines is 1. The minimum atomic E-state index is -1.58. The molecule has 0 fully saturated rings. The van der Waals surface area contributed by atoms with Gasteiger partial charge in [0.2, 0.25) is 0 Å². The molecule has 0 aromatic heterocycles. The summed E-state index contributed by atoms with van der Waals surface area (Å²) in [4.78, 5) is 0. The highest BCUT2D eigenvalue weighted by atomic mass is 19.2. The Morgan fingerprint density at radius 1 is 0.789 bits per heavy atom. The maximum absolute atomic E-state index is 13.3. The van der Waals surface area contributed by atoms with Crippen molar-refractivity contribution in [2.24, 2.45) is 0 Å². The van der Waals surface area contributed by atoms with Gasteiger partial charge >= 0.3 is 0 Å². The molecule has 0 aliphatic heterocycles. The molecule has 0 atom stereocenters.